The van der Waals surface area contributed by atoms with Crippen LogP contribution in [-0.4, -0.2) is 44.5 Å². The Balaban J connectivity index is 2.11. The predicted octanol–water partition coefficient (Wildman–Crippen LogP) is 0.398. The van der Waals surface area contributed by atoms with Crippen LogP contribution in [0.5, 0.6) is 0 Å². The normalized spacial score (nSPS) is 25.2. The highest BCUT2D eigenvalue weighted by atomic mass is 32.2. The first-order chi connectivity index (χ1) is 8.03. The van der Waals surface area contributed by atoms with E-state index in [1.54, 1.807) is 6.26 Å². The van der Waals surface area contributed by atoms with Crippen molar-refractivity contribution in [1.82, 2.24) is 4.90 Å². The average Bonchev–Trinajstić information content (AvgIpc) is 2.88. The minimum absolute atomic E-state index is 0.0404. The number of rotatable bonds is 4. The third kappa shape index (κ3) is 2.70. The first kappa shape index (κ1) is 12.6. The van der Waals surface area contributed by atoms with Crippen LogP contribution >= 0.6 is 0 Å². The fourth-order valence-corrected chi connectivity index (χ4v) is 4.10. The zero-order valence-corrected chi connectivity index (χ0v) is 10.7. The lowest BCUT2D eigenvalue weighted by Gasteiger charge is -2.30. The molecular formula is C11H18N2O3S. The fraction of sp³-hybridized carbons (Fsp3) is 0.636. The van der Waals surface area contributed by atoms with Crippen molar-refractivity contribution in [2.75, 3.05) is 25.1 Å². The lowest BCUT2D eigenvalue weighted by atomic mass is 10.1. The smallest absolute Gasteiger partial charge is 0.151 e. The second kappa shape index (κ2) is 4.80. The van der Waals surface area contributed by atoms with Crippen molar-refractivity contribution in [1.29, 1.82) is 0 Å². The summed E-state index contributed by atoms with van der Waals surface area (Å²) >= 11 is 0. The van der Waals surface area contributed by atoms with Gasteiger partial charge in [-0.2, -0.15) is 0 Å². The van der Waals surface area contributed by atoms with E-state index in [0.29, 0.717) is 13.0 Å². The molecule has 1 aromatic rings. The van der Waals surface area contributed by atoms with E-state index >= 15 is 0 Å². The van der Waals surface area contributed by atoms with Crippen LogP contribution in [0.15, 0.2) is 22.8 Å². The molecule has 0 spiro atoms. The van der Waals surface area contributed by atoms with Crippen LogP contribution in [-0.2, 0) is 9.84 Å². The van der Waals surface area contributed by atoms with Gasteiger partial charge in [-0.05, 0) is 25.6 Å². The Morgan fingerprint density at radius 1 is 1.65 bits per heavy atom. The first-order valence-corrected chi connectivity index (χ1v) is 7.51. The fourth-order valence-electron chi connectivity index (χ4n) is 2.32. The van der Waals surface area contributed by atoms with Crippen molar-refractivity contribution in [2.24, 2.45) is 5.73 Å². The molecule has 1 aromatic heterocycles. The maximum absolute atomic E-state index is 11.5. The van der Waals surface area contributed by atoms with E-state index in [0.717, 1.165) is 5.76 Å². The van der Waals surface area contributed by atoms with Gasteiger partial charge in [0.2, 0.25) is 0 Å². The Labute approximate surface area is 101 Å². The standard InChI is InChI=1S/C11H18N2O3S/c1-13(9-4-6-17(14,15)8-9)10(7-12)11-3-2-5-16-11/h2-3,5,9-10H,4,6-8,12H2,1H3. The minimum Gasteiger partial charge on any atom is -0.468 e. The highest BCUT2D eigenvalue weighted by Crippen LogP contribution is 2.26. The zero-order valence-electron chi connectivity index (χ0n) is 9.87. The van der Waals surface area contributed by atoms with Gasteiger partial charge in [-0.3, -0.25) is 4.90 Å². The maximum Gasteiger partial charge on any atom is 0.151 e. The molecule has 0 aliphatic carbocycles. The van der Waals surface area contributed by atoms with Gasteiger partial charge in [-0.1, -0.05) is 0 Å². The van der Waals surface area contributed by atoms with E-state index in [9.17, 15) is 8.42 Å². The number of hydrogen-bond acceptors (Lipinski definition) is 5. The Morgan fingerprint density at radius 3 is 2.88 bits per heavy atom. The number of sulfone groups is 1. The number of hydrogen-bond donors (Lipinski definition) is 1. The van der Waals surface area contributed by atoms with Crippen molar-refractivity contribution in [3.05, 3.63) is 24.2 Å². The highest BCUT2D eigenvalue weighted by Gasteiger charge is 2.34. The minimum atomic E-state index is -2.86. The largest absolute Gasteiger partial charge is 0.468 e. The van der Waals surface area contributed by atoms with Gasteiger partial charge in [0.1, 0.15) is 5.76 Å². The summed E-state index contributed by atoms with van der Waals surface area (Å²) in [6.07, 6.45) is 2.28. The van der Waals surface area contributed by atoms with E-state index in [-0.39, 0.29) is 23.6 Å². The zero-order chi connectivity index (χ0) is 12.5. The summed E-state index contributed by atoms with van der Waals surface area (Å²) in [5.41, 5.74) is 5.75. The van der Waals surface area contributed by atoms with E-state index in [1.165, 1.54) is 0 Å². The first-order valence-electron chi connectivity index (χ1n) is 5.69. The lowest BCUT2D eigenvalue weighted by Crippen LogP contribution is -2.39. The predicted molar refractivity (Wildman–Crippen MR) is 65.3 cm³/mol. The molecule has 1 fully saturated rings. The van der Waals surface area contributed by atoms with E-state index in [2.05, 4.69) is 0 Å². The SMILES string of the molecule is CN(C1CCS(=O)(=O)C1)C(CN)c1ccco1. The summed E-state index contributed by atoms with van der Waals surface area (Å²) in [5, 5.41) is 0. The Bertz CT molecular complexity index is 455. The van der Waals surface area contributed by atoms with Gasteiger partial charge < -0.3 is 10.2 Å². The van der Waals surface area contributed by atoms with Gasteiger partial charge in [-0.15, -0.1) is 0 Å². The summed E-state index contributed by atoms with van der Waals surface area (Å²) in [6, 6.07) is 3.68. The van der Waals surface area contributed by atoms with Crippen LogP contribution < -0.4 is 5.73 Å². The van der Waals surface area contributed by atoms with Crippen LogP contribution in [0, 0.1) is 0 Å². The summed E-state index contributed by atoms with van der Waals surface area (Å²) in [6.45, 7) is 0.417. The van der Waals surface area contributed by atoms with Gasteiger partial charge in [0, 0.05) is 12.6 Å². The molecule has 0 amide bonds. The van der Waals surface area contributed by atoms with Crippen LogP contribution in [0.1, 0.15) is 18.2 Å². The lowest BCUT2D eigenvalue weighted by molar-refractivity contribution is 0.171. The number of likely N-dealkylation sites (N-methyl/N-ethyl adjacent to an activating group) is 1. The quantitative estimate of drug-likeness (QED) is 0.846. The molecule has 0 bridgehead atoms. The number of nitrogens with zero attached hydrogens (tertiary/aromatic N) is 1. The molecule has 6 heteroatoms. The molecule has 2 rings (SSSR count). The monoisotopic (exact) mass is 258 g/mol. The van der Waals surface area contributed by atoms with Crippen LogP contribution in [0.4, 0.5) is 0 Å². The molecule has 2 unspecified atom stereocenters. The van der Waals surface area contributed by atoms with E-state index in [4.69, 9.17) is 10.2 Å². The molecule has 5 nitrogen and oxygen atoms in total. The number of furan rings is 1. The highest BCUT2D eigenvalue weighted by molar-refractivity contribution is 7.91. The second-order valence-electron chi connectivity index (χ2n) is 4.49. The summed E-state index contributed by atoms with van der Waals surface area (Å²) in [5.74, 6) is 1.29. The van der Waals surface area contributed by atoms with E-state index < -0.39 is 9.84 Å². The van der Waals surface area contributed by atoms with Gasteiger partial charge in [0.05, 0.1) is 23.8 Å². The summed E-state index contributed by atoms with van der Waals surface area (Å²) in [4.78, 5) is 2.02. The molecule has 0 radical (unpaired) electrons. The molecule has 1 saturated heterocycles. The summed E-state index contributed by atoms with van der Waals surface area (Å²) in [7, 11) is -0.956. The third-order valence-corrected chi connectivity index (χ3v) is 5.12. The van der Waals surface area contributed by atoms with Gasteiger partial charge in [0.15, 0.2) is 9.84 Å². The Morgan fingerprint density at radius 2 is 2.41 bits per heavy atom. The van der Waals surface area contributed by atoms with Crippen molar-refractivity contribution in [3.63, 3.8) is 0 Å². The molecule has 2 N–H and O–H groups in total. The van der Waals surface area contributed by atoms with Crippen molar-refractivity contribution in [2.45, 2.75) is 18.5 Å². The van der Waals surface area contributed by atoms with Crippen molar-refractivity contribution < 1.29 is 12.8 Å². The molecule has 1 aliphatic heterocycles. The topological polar surface area (TPSA) is 76.5 Å². The summed E-state index contributed by atoms with van der Waals surface area (Å²) < 4.78 is 28.3. The third-order valence-electron chi connectivity index (χ3n) is 3.37. The Hall–Kier alpha value is -0.850. The van der Waals surface area contributed by atoms with Gasteiger partial charge >= 0.3 is 0 Å². The van der Waals surface area contributed by atoms with Crippen LogP contribution in [0.25, 0.3) is 0 Å². The average molecular weight is 258 g/mol. The van der Waals surface area contributed by atoms with Gasteiger partial charge in [-0.25, -0.2) is 8.42 Å². The molecule has 0 saturated carbocycles. The molecule has 96 valence electrons. The molecule has 0 aromatic carbocycles. The van der Waals surface area contributed by atoms with Crippen molar-refractivity contribution in [3.8, 4) is 0 Å². The van der Waals surface area contributed by atoms with Crippen molar-refractivity contribution >= 4 is 9.84 Å². The van der Waals surface area contributed by atoms with Crippen LogP contribution in [0.2, 0.25) is 0 Å². The maximum atomic E-state index is 11.5. The molecule has 17 heavy (non-hydrogen) atoms. The molecule has 1 aliphatic rings. The van der Waals surface area contributed by atoms with E-state index in [1.807, 2.05) is 24.1 Å². The molecular weight excluding hydrogens is 240 g/mol. The van der Waals surface area contributed by atoms with Gasteiger partial charge in [0.25, 0.3) is 0 Å². The number of nitrogens with two attached hydrogens (primary N) is 1. The Kier molecular flexibility index (Phi) is 3.56. The second-order valence-corrected chi connectivity index (χ2v) is 6.72. The van der Waals surface area contributed by atoms with Crippen LogP contribution in [0.3, 0.4) is 0 Å². The molecule has 2 atom stereocenters. The molecule has 2 heterocycles.